The summed E-state index contributed by atoms with van der Waals surface area (Å²) in [7, 11) is 0. The van der Waals surface area contributed by atoms with Gasteiger partial charge in [-0.2, -0.15) is 0 Å². The molecule has 21 heavy (non-hydrogen) atoms. The van der Waals surface area contributed by atoms with E-state index in [1.54, 1.807) is 18.3 Å². The predicted octanol–water partition coefficient (Wildman–Crippen LogP) is 2.92. The van der Waals surface area contributed by atoms with Gasteiger partial charge in [-0.3, -0.25) is 9.88 Å². The highest BCUT2D eigenvalue weighted by molar-refractivity contribution is 5.19. The minimum atomic E-state index is -0.595. The van der Waals surface area contributed by atoms with E-state index in [1.807, 2.05) is 18.3 Å². The zero-order valence-corrected chi connectivity index (χ0v) is 11.8. The number of aliphatic hydroxyl groups excluding tert-OH is 1. The topological polar surface area (TPSA) is 36.4 Å². The Labute approximate surface area is 124 Å². The summed E-state index contributed by atoms with van der Waals surface area (Å²) in [5.41, 5.74) is 1.91. The highest BCUT2D eigenvalue weighted by Crippen LogP contribution is 2.30. The molecule has 0 amide bonds. The molecule has 1 aliphatic carbocycles. The first-order valence-electron chi connectivity index (χ1n) is 7.29. The third kappa shape index (κ3) is 3.86. The van der Waals surface area contributed by atoms with Crippen molar-refractivity contribution in [3.63, 3.8) is 0 Å². The lowest BCUT2D eigenvalue weighted by Crippen LogP contribution is -2.30. The van der Waals surface area contributed by atoms with E-state index in [2.05, 4.69) is 9.88 Å². The van der Waals surface area contributed by atoms with Crippen LogP contribution in [0.1, 0.15) is 30.1 Å². The van der Waals surface area contributed by atoms with Gasteiger partial charge in [-0.15, -0.1) is 0 Å². The van der Waals surface area contributed by atoms with Crippen LogP contribution < -0.4 is 0 Å². The highest BCUT2D eigenvalue weighted by Gasteiger charge is 2.30. The fourth-order valence-corrected chi connectivity index (χ4v) is 2.52. The second-order valence-electron chi connectivity index (χ2n) is 5.59. The lowest BCUT2D eigenvalue weighted by molar-refractivity contribution is 0.104. The Bertz CT molecular complexity index is 569. The van der Waals surface area contributed by atoms with Crippen LogP contribution in [0.3, 0.4) is 0 Å². The number of halogens is 1. The third-order valence-corrected chi connectivity index (χ3v) is 3.83. The number of nitrogens with zero attached hydrogens (tertiary/aromatic N) is 2. The van der Waals surface area contributed by atoms with Gasteiger partial charge in [0.05, 0.1) is 6.10 Å². The van der Waals surface area contributed by atoms with Crippen molar-refractivity contribution < 1.29 is 9.50 Å². The van der Waals surface area contributed by atoms with Gasteiger partial charge in [-0.05, 0) is 42.2 Å². The summed E-state index contributed by atoms with van der Waals surface area (Å²) in [4.78, 5) is 6.42. The molecule has 1 aliphatic rings. The van der Waals surface area contributed by atoms with Crippen LogP contribution in [0.2, 0.25) is 0 Å². The summed E-state index contributed by atoms with van der Waals surface area (Å²) in [6.45, 7) is 1.35. The van der Waals surface area contributed by atoms with E-state index in [0.29, 0.717) is 12.6 Å². The SMILES string of the molecule is OC(CN(Cc1cccnc1)C1CC1)c1ccc(F)cc1. The quantitative estimate of drug-likeness (QED) is 0.887. The molecule has 0 saturated heterocycles. The Morgan fingerprint density at radius 2 is 2.00 bits per heavy atom. The number of hydrogen-bond acceptors (Lipinski definition) is 3. The molecule has 2 aromatic rings. The monoisotopic (exact) mass is 286 g/mol. The molecule has 1 N–H and O–H groups in total. The molecule has 0 spiro atoms. The molecule has 0 aliphatic heterocycles. The molecule has 1 aromatic heterocycles. The van der Waals surface area contributed by atoms with E-state index in [9.17, 15) is 9.50 Å². The smallest absolute Gasteiger partial charge is 0.123 e. The van der Waals surface area contributed by atoms with Crippen molar-refractivity contribution in [1.29, 1.82) is 0 Å². The predicted molar refractivity (Wildman–Crippen MR) is 79.0 cm³/mol. The van der Waals surface area contributed by atoms with Gasteiger partial charge in [0, 0.05) is 31.5 Å². The van der Waals surface area contributed by atoms with Crippen molar-refractivity contribution in [1.82, 2.24) is 9.88 Å². The third-order valence-electron chi connectivity index (χ3n) is 3.83. The molecular formula is C17H19FN2O. The number of aromatic nitrogens is 1. The summed E-state index contributed by atoms with van der Waals surface area (Å²) in [5.74, 6) is -0.277. The first-order valence-corrected chi connectivity index (χ1v) is 7.29. The van der Waals surface area contributed by atoms with Crippen molar-refractivity contribution in [2.75, 3.05) is 6.54 Å². The Morgan fingerprint density at radius 3 is 2.62 bits per heavy atom. The van der Waals surface area contributed by atoms with Gasteiger partial charge in [0.1, 0.15) is 5.82 Å². The molecule has 4 heteroatoms. The average molecular weight is 286 g/mol. The second-order valence-corrected chi connectivity index (χ2v) is 5.59. The minimum Gasteiger partial charge on any atom is -0.387 e. The maximum Gasteiger partial charge on any atom is 0.123 e. The Morgan fingerprint density at radius 1 is 1.24 bits per heavy atom. The van der Waals surface area contributed by atoms with Gasteiger partial charge in [0.25, 0.3) is 0 Å². The lowest BCUT2D eigenvalue weighted by Gasteiger charge is -2.25. The zero-order valence-electron chi connectivity index (χ0n) is 11.8. The summed E-state index contributed by atoms with van der Waals surface area (Å²) < 4.78 is 12.9. The van der Waals surface area contributed by atoms with E-state index < -0.39 is 6.10 Å². The summed E-state index contributed by atoms with van der Waals surface area (Å²) in [6, 6.07) is 10.6. The van der Waals surface area contributed by atoms with Gasteiger partial charge >= 0.3 is 0 Å². The summed E-state index contributed by atoms with van der Waals surface area (Å²) in [5, 5.41) is 10.4. The van der Waals surface area contributed by atoms with Gasteiger partial charge < -0.3 is 5.11 Å². The summed E-state index contributed by atoms with van der Waals surface area (Å²) >= 11 is 0. The number of aliphatic hydroxyl groups is 1. The van der Waals surface area contributed by atoms with Crippen LogP contribution in [0.25, 0.3) is 0 Å². The second kappa shape index (κ2) is 6.33. The number of benzene rings is 1. The van der Waals surface area contributed by atoms with Crippen molar-refractivity contribution in [3.05, 3.63) is 65.7 Å². The highest BCUT2D eigenvalue weighted by atomic mass is 19.1. The molecule has 1 atom stereocenters. The van der Waals surface area contributed by atoms with Crippen LogP contribution in [-0.2, 0) is 6.54 Å². The number of hydrogen-bond donors (Lipinski definition) is 1. The van der Waals surface area contributed by atoms with E-state index in [0.717, 1.165) is 17.7 Å². The first kappa shape index (κ1) is 14.2. The lowest BCUT2D eigenvalue weighted by atomic mass is 10.1. The Hall–Kier alpha value is -1.78. The molecule has 3 nitrogen and oxygen atoms in total. The van der Waals surface area contributed by atoms with Crippen molar-refractivity contribution in [2.24, 2.45) is 0 Å². The Kier molecular flexibility index (Phi) is 4.27. The molecule has 1 aromatic carbocycles. The first-order chi connectivity index (χ1) is 10.2. The molecule has 1 fully saturated rings. The van der Waals surface area contributed by atoms with Gasteiger partial charge in [-0.25, -0.2) is 4.39 Å². The standard InChI is InChI=1S/C17H19FN2O/c18-15-5-3-14(4-6-15)17(21)12-20(16-7-8-16)11-13-2-1-9-19-10-13/h1-6,9-10,16-17,21H,7-8,11-12H2. The van der Waals surface area contributed by atoms with E-state index in [1.165, 1.54) is 25.0 Å². The van der Waals surface area contributed by atoms with Crippen LogP contribution in [0.15, 0.2) is 48.8 Å². The molecule has 1 unspecified atom stereocenters. The van der Waals surface area contributed by atoms with Crippen molar-refractivity contribution >= 4 is 0 Å². The molecular weight excluding hydrogens is 267 g/mol. The van der Waals surface area contributed by atoms with Crippen molar-refractivity contribution in [3.8, 4) is 0 Å². The van der Waals surface area contributed by atoms with Gasteiger partial charge in [0.2, 0.25) is 0 Å². The molecule has 0 radical (unpaired) electrons. The summed E-state index contributed by atoms with van der Waals surface area (Å²) in [6.07, 6.45) is 5.38. The molecule has 110 valence electrons. The minimum absolute atomic E-state index is 0.277. The number of rotatable bonds is 6. The van der Waals surface area contributed by atoms with Gasteiger partial charge in [0.15, 0.2) is 0 Å². The fourth-order valence-electron chi connectivity index (χ4n) is 2.52. The van der Waals surface area contributed by atoms with E-state index in [-0.39, 0.29) is 5.82 Å². The van der Waals surface area contributed by atoms with E-state index in [4.69, 9.17) is 0 Å². The number of pyridine rings is 1. The van der Waals surface area contributed by atoms with Crippen molar-refractivity contribution in [2.45, 2.75) is 31.5 Å². The zero-order chi connectivity index (χ0) is 14.7. The normalized spacial score (nSPS) is 16.1. The average Bonchev–Trinajstić information content (AvgIpc) is 3.33. The van der Waals surface area contributed by atoms with Crippen LogP contribution in [0, 0.1) is 5.82 Å². The fraction of sp³-hybridized carbons (Fsp3) is 0.353. The molecule has 1 saturated carbocycles. The van der Waals surface area contributed by atoms with Crippen LogP contribution in [0.4, 0.5) is 4.39 Å². The molecule has 0 bridgehead atoms. The Balaban J connectivity index is 1.66. The molecule has 1 heterocycles. The van der Waals surface area contributed by atoms with Crippen LogP contribution in [-0.4, -0.2) is 27.6 Å². The maximum absolute atomic E-state index is 12.9. The van der Waals surface area contributed by atoms with E-state index >= 15 is 0 Å². The van der Waals surface area contributed by atoms with Gasteiger partial charge in [-0.1, -0.05) is 18.2 Å². The van der Waals surface area contributed by atoms with Crippen LogP contribution in [0.5, 0.6) is 0 Å². The maximum atomic E-state index is 12.9. The largest absolute Gasteiger partial charge is 0.387 e. The van der Waals surface area contributed by atoms with Crippen LogP contribution >= 0.6 is 0 Å². The molecule has 3 rings (SSSR count).